The smallest absolute Gasteiger partial charge is 0.255 e. The van der Waals surface area contributed by atoms with Crippen LogP contribution in [0.5, 0.6) is 0 Å². The summed E-state index contributed by atoms with van der Waals surface area (Å²) >= 11 is 0. The highest BCUT2D eigenvalue weighted by atomic mass is 16.2. The number of amides is 1. The van der Waals surface area contributed by atoms with Crippen LogP contribution in [-0.2, 0) is 4.79 Å². The average molecular weight is 251 g/mol. The van der Waals surface area contributed by atoms with E-state index in [0.717, 1.165) is 25.7 Å². The molecule has 0 bridgehead atoms. The Morgan fingerprint density at radius 3 is 2.78 bits per heavy atom. The minimum Gasteiger partial charge on any atom is -0.351 e. The van der Waals surface area contributed by atoms with Gasteiger partial charge in [0.2, 0.25) is 0 Å². The van der Waals surface area contributed by atoms with Gasteiger partial charge in [-0.3, -0.25) is 10.1 Å². The van der Waals surface area contributed by atoms with Gasteiger partial charge in [0.1, 0.15) is 5.54 Å². The molecule has 1 amide bonds. The Labute approximate surface area is 110 Å². The van der Waals surface area contributed by atoms with Crippen molar-refractivity contribution >= 4 is 11.9 Å². The molecule has 2 atom stereocenters. The van der Waals surface area contributed by atoms with E-state index < -0.39 is 5.54 Å². The number of guanidine groups is 1. The number of rotatable bonds is 1. The Morgan fingerprint density at radius 1 is 1.44 bits per heavy atom. The standard InChI is InChI=1S/C14H25N3O/c1-5-10-8-6-7-9-14(10)11(18)15-12(17-14)16-13(2,3)4/h10H,5-9H2,1-4H3,(H2,15,16,17,18). The molecule has 1 aliphatic carbocycles. The minimum atomic E-state index is -0.486. The van der Waals surface area contributed by atoms with Crippen LogP contribution in [0.25, 0.3) is 0 Å². The van der Waals surface area contributed by atoms with Crippen LogP contribution in [0.3, 0.4) is 0 Å². The van der Waals surface area contributed by atoms with Crippen molar-refractivity contribution in [3.63, 3.8) is 0 Å². The van der Waals surface area contributed by atoms with Gasteiger partial charge in [-0.05, 0) is 39.5 Å². The number of hydrogen-bond donors (Lipinski definition) is 2. The maximum atomic E-state index is 12.4. The zero-order valence-electron chi connectivity index (χ0n) is 12.0. The van der Waals surface area contributed by atoms with E-state index in [1.165, 1.54) is 6.42 Å². The molecule has 18 heavy (non-hydrogen) atoms. The second-order valence-electron chi connectivity index (χ2n) is 6.56. The van der Waals surface area contributed by atoms with Gasteiger partial charge in [-0.1, -0.05) is 26.2 Å². The highest BCUT2D eigenvalue weighted by molar-refractivity contribution is 6.07. The van der Waals surface area contributed by atoms with E-state index in [1.54, 1.807) is 0 Å². The monoisotopic (exact) mass is 251 g/mol. The van der Waals surface area contributed by atoms with E-state index in [4.69, 9.17) is 4.99 Å². The number of carbonyl (C=O) groups is 1. The van der Waals surface area contributed by atoms with Gasteiger partial charge in [0.05, 0.1) is 0 Å². The van der Waals surface area contributed by atoms with Gasteiger partial charge in [0, 0.05) is 5.54 Å². The molecule has 2 N–H and O–H groups in total. The molecule has 1 aliphatic heterocycles. The lowest BCUT2D eigenvalue weighted by Gasteiger charge is -2.35. The molecule has 0 aromatic carbocycles. The summed E-state index contributed by atoms with van der Waals surface area (Å²) in [6.45, 7) is 8.39. The zero-order valence-corrected chi connectivity index (χ0v) is 12.0. The third-order valence-electron chi connectivity index (χ3n) is 3.96. The van der Waals surface area contributed by atoms with Gasteiger partial charge < -0.3 is 5.32 Å². The van der Waals surface area contributed by atoms with Crippen molar-refractivity contribution in [1.29, 1.82) is 0 Å². The fourth-order valence-electron chi connectivity index (χ4n) is 3.12. The zero-order chi connectivity index (χ0) is 13.4. The minimum absolute atomic E-state index is 0.0754. The molecular weight excluding hydrogens is 226 g/mol. The first-order valence-corrected chi connectivity index (χ1v) is 7.07. The highest BCUT2D eigenvalue weighted by Crippen LogP contribution is 2.40. The number of hydrogen-bond acceptors (Lipinski definition) is 3. The second-order valence-corrected chi connectivity index (χ2v) is 6.56. The molecule has 4 heteroatoms. The summed E-state index contributed by atoms with van der Waals surface area (Å²) in [6.07, 6.45) is 5.38. The molecule has 1 fully saturated rings. The summed E-state index contributed by atoms with van der Waals surface area (Å²) < 4.78 is 0. The lowest BCUT2D eigenvalue weighted by Crippen LogP contribution is -2.49. The van der Waals surface area contributed by atoms with Crippen molar-refractivity contribution in [2.75, 3.05) is 0 Å². The Bertz CT molecular complexity index is 370. The Balaban J connectivity index is 2.23. The van der Waals surface area contributed by atoms with E-state index in [0.29, 0.717) is 11.9 Å². The Kier molecular flexibility index (Phi) is 3.39. The molecule has 4 nitrogen and oxygen atoms in total. The number of aliphatic imine (C=N–C) groups is 1. The largest absolute Gasteiger partial charge is 0.351 e. The first-order chi connectivity index (χ1) is 8.37. The molecule has 2 aliphatic rings. The third kappa shape index (κ3) is 2.38. The quantitative estimate of drug-likeness (QED) is 0.750. The van der Waals surface area contributed by atoms with Crippen molar-refractivity contribution in [3.8, 4) is 0 Å². The SMILES string of the molecule is CCC1CCCCC12N=C(NC(C)(C)C)NC2=O. The maximum absolute atomic E-state index is 12.4. The molecule has 102 valence electrons. The normalized spacial score (nSPS) is 32.3. The van der Waals surface area contributed by atoms with Crippen LogP contribution in [0.1, 0.15) is 59.8 Å². The first kappa shape index (κ1) is 13.4. The summed E-state index contributed by atoms with van der Waals surface area (Å²) in [5, 5.41) is 6.22. The molecule has 1 saturated carbocycles. The van der Waals surface area contributed by atoms with Crippen LogP contribution >= 0.6 is 0 Å². The van der Waals surface area contributed by atoms with E-state index in [9.17, 15) is 4.79 Å². The van der Waals surface area contributed by atoms with Crippen LogP contribution < -0.4 is 10.6 Å². The molecule has 1 heterocycles. The van der Waals surface area contributed by atoms with Crippen molar-refractivity contribution in [3.05, 3.63) is 0 Å². The van der Waals surface area contributed by atoms with Crippen molar-refractivity contribution < 1.29 is 4.79 Å². The predicted octanol–water partition coefficient (Wildman–Crippen LogP) is 2.20. The van der Waals surface area contributed by atoms with Gasteiger partial charge in [-0.2, -0.15) is 0 Å². The van der Waals surface area contributed by atoms with Gasteiger partial charge in [-0.15, -0.1) is 0 Å². The number of nitrogens with one attached hydrogen (secondary N) is 2. The van der Waals surface area contributed by atoms with Gasteiger partial charge in [0.25, 0.3) is 5.91 Å². The summed E-state index contributed by atoms with van der Waals surface area (Å²) in [6, 6.07) is 0. The van der Waals surface area contributed by atoms with Crippen molar-refractivity contribution in [2.24, 2.45) is 10.9 Å². The summed E-state index contributed by atoms with van der Waals surface area (Å²) in [4.78, 5) is 17.1. The average Bonchev–Trinajstić information content (AvgIpc) is 2.54. The van der Waals surface area contributed by atoms with E-state index in [-0.39, 0.29) is 11.4 Å². The van der Waals surface area contributed by atoms with E-state index in [1.807, 2.05) is 0 Å². The summed E-state index contributed by atoms with van der Waals surface area (Å²) in [5.41, 5.74) is -0.561. The fraction of sp³-hybridized carbons (Fsp3) is 0.857. The van der Waals surface area contributed by atoms with Crippen molar-refractivity contribution in [1.82, 2.24) is 10.6 Å². The van der Waals surface area contributed by atoms with Crippen LogP contribution in [0.4, 0.5) is 0 Å². The fourth-order valence-corrected chi connectivity index (χ4v) is 3.12. The third-order valence-corrected chi connectivity index (χ3v) is 3.96. The molecule has 2 rings (SSSR count). The predicted molar refractivity (Wildman–Crippen MR) is 73.4 cm³/mol. The summed E-state index contributed by atoms with van der Waals surface area (Å²) in [5.74, 6) is 1.15. The molecular formula is C14H25N3O. The molecule has 1 spiro atoms. The van der Waals surface area contributed by atoms with Gasteiger partial charge >= 0.3 is 0 Å². The van der Waals surface area contributed by atoms with Crippen molar-refractivity contribution in [2.45, 2.75) is 70.9 Å². The lowest BCUT2D eigenvalue weighted by atomic mass is 9.72. The maximum Gasteiger partial charge on any atom is 0.255 e. The van der Waals surface area contributed by atoms with Gasteiger partial charge in [0.15, 0.2) is 5.96 Å². The molecule has 2 unspecified atom stereocenters. The summed E-state index contributed by atoms with van der Waals surface area (Å²) in [7, 11) is 0. The Morgan fingerprint density at radius 2 is 2.17 bits per heavy atom. The van der Waals surface area contributed by atoms with Gasteiger partial charge in [-0.25, -0.2) is 4.99 Å². The lowest BCUT2D eigenvalue weighted by molar-refractivity contribution is -0.126. The number of nitrogens with zero attached hydrogens (tertiary/aromatic N) is 1. The van der Waals surface area contributed by atoms with E-state index >= 15 is 0 Å². The number of carbonyl (C=O) groups excluding carboxylic acids is 1. The molecule has 0 saturated heterocycles. The van der Waals surface area contributed by atoms with Crippen LogP contribution in [0, 0.1) is 5.92 Å². The van der Waals surface area contributed by atoms with E-state index in [2.05, 4.69) is 38.3 Å². The highest BCUT2D eigenvalue weighted by Gasteiger charge is 2.50. The topological polar surface area (TPSA) is 53.5 Å². The molecule has 0 aromatic heterocycles. The first-order valence-electron chi connectivity index (χ1n) is 7.07. The van der Waals surface area contributed by atoms with Crippen LogP contribution in [-0.4, -0.2) is 22.9 Å². The van der Waals surface area contributed by atoms with Crippen LogP contribution in [0.2, 0.25) is 0 Å². The molecule has 0 aromatic rings. The van der Waals surface area contributed by atoms with Crippen LogP contribution in [0.15, 0.2) is 4.99 Å². The molecule has 0 radical (unpaired) electrons. The Hall–Kier alpha value is -1.06. The second kappa shape index (κ2) is 4.56.